The van der Waals surface area contributed by atoms with Crippen LogP contribution in [0.5, 0.6) is 0 Å². The van der Waals surface area contributed by atoms with Gasteiger partial charge < -0.3 is 10.1 Å². The van der Waals surface area contributed by atoms with E-state index in [2.05, 4.69) is 10.4 Å². The molecule has 29 heavy (non-hydrogen) atoms. The van der Waals surface area contributed by atoms with Gasteiger partial charge in [-0.05, 0) is 57.2 Å². The average Bonchev–Trinajstić information content (AvgIpc) is 2.98. The summed E-state index contributed by atoms with van der Waals surface area (Å²) in [6, 6.07) is 16.4. The largest absolute Gasteiger partial charge is 0.452 e. The Hall–Kier alpha value is -3.12. The molecule has 1 atom stereocenters. The summed E-state index contributed by atoms with van der Waals surface area (Å²) in [4.78, 5) is 24.7. The number of carbonyl (C=O) groups excluding carboxylic acids is 2. The second-order valence-electron chi connectivity index (χ2n) is 6.70. The van der Waals surface area contributed by atoms with Gasteiger partial charge in [-0.1, -0.05) is 29.8 Å². The Morgan fingerprint density at radius 2 is 1.76 bits per heavy atom. The molecule has 3 aromatic rings. The zero-order valence-electron chi connectivity index (χ0n) is 16.5. The number of carbonyl (C=O) groups is 2. The van der Waals surface area contributed by atoms with Gasteiger partial charge in [0.05, 0.1) is 17.8 Å². The van der Waals surface area contributed by atoms with Crippen molar-refractivity contribution in [3.63, 3.8) is 0 Å². The highest BCUT2D eigenvalue weighted by Crippen LogP contribution is 2.19. The summed E-state index contributed by atoms with van der Waals surface area (Å²) in [5, 5.41) is 7.80. The molecule has 1 heterocycles. The second-order valence-corrected chi connectivity index (χ2v) is 7.14. The quantitative estimate of drug-likeness (QED) is 0.615. The molecule has 1 N–H and O–H groups in total. The maximum Gasteiger partial charge on any atom is 0.311 e. The van der Waals surface area contributed by atoms with E-state index in [0.29, 0.717) is 10.7 Å². The van der Waals surface area contributed by atoms with E-state index in [4.69, 9.17) is 16.3 Å². The van der Waals surface area contributed by atoms with Crippen LogP contribution in [0.15, 0.2) is 54.6 Å². The minimum absolute atomic E-state index is 0.0447. The summed E-state index contributed by atoms with van der Waals surface area (Å²) < 4.78 is 7.12. The SMILES string of the molecule is Cc1nn(-c2ccccc2)c(C)c1CC(=O)O[C@H](C)C(=O)Nc1ccc(Cl)cc1. The molecule has 0 aliphatic heterocycles. The number of aryl methyl sites for hydroxylation is 1. The third-order valence-electron chi connectivity index (χ3n) is 4.55. The number of hydrogen-bond donors (Lipinski definition) is 1. The molecule has 0 saturated carbocycles. The van der Waals surface area contributed by atoms with E-state index >= 15 is 0 Å². The maximum absolute atomic E-state index is 12.4. The molecule has 0 bridgehead atoms. The van der Waals surface area contributed by atoms with Crippen molar-refractivity contribution in [3.05, 3.63) is 76.6 Å². The summed E-state index contributed by atoms with van der Waals surface area (Å²) in [6.07, 6.45) is -0.883. The van der Waals surface area contributed by atoms with Crippen LogP contribution in [-0.2, 0) is 20.7 Å². The number of amides is 1. The minimum atomic E-state index is -0.928. The Labute approximate surface area is 174 Å². The first-order valence-electron chi connectivity index (χ1n) is 9.21. The van der Waals surface area contributed by atoms with Crippen molar-refractivity contribution in [3.8, 4) is 5.69 Å². The van der Waals surface area contributed by atoms with Crippen LogP contribution in [0.1, 0.15) is 23.9 Å². The van der Waals surface area contributed by atoms with Gasteiger partial charge in [0.1, 0.15) is 0 Å². The average molecular weight is 412 g/mol. The summed E-state index contributed by atoms with van der Waals surface area (Å²) >= 11 is 5.83. The van der Waals surface area contributed by atoms with Crippen LogP contribution < -0.4 is 5.32 Å². The van der Waals surface area contributed by atoms with E-state index in [9.17, 15) is 9.59 Å². The molecule has 0 unspecified atom stereocenters. The molecule has 2 aromatic carbocycles. The molecule has 1 amide bonds. The lowest BCUT2D eigenvalue weighted by molar-refractivity contribution is -0.152. The highest BCUT2D eigenvalue weighted by atomic mass is 35.5. The zero-order chi connectivity index (χ0) is 21.0. The molecule has 0 fully saturated rings. The number of ether oxygens (including phenoxy) is 1. The Morgan fingerprint density at radius 3 is 2.41 bits per heavy atom. The van der Waals surface area contributed by atoms with Crippen molar-refractivity contribution >= 4 is 29.2 Å². The molecule has 0 radical (unpaired) electrons. The molecular formula is C22H22ClN3O3. The number of benzene rings is 2. The molecular weight excluding hydrogens is 390 g/mol. The number of anilines is 1. The van der Waals surface area contributed by atoms with E-state index in [-0.39, 0.29) is 6.42 Å². The molecule has 150 valence electrons. The van der Waals surface area contributed by atoms with E-state index in [1.165, 1.54) is 6.92 Å². The fourth-order valence-corrected chi connectivity index (χ4v) is 3.09. The predicted octanol–water partition coefficient (Wildman–Crippen LogP) is 4.26. The molecule has 0 saturated heterocycles. The number of para-hydroxylation sites is 1. The number of rotatable bonds is 6. The summed E-state index contributed by atoms with van der Waals surface area (Å²) in [5.74, 6) is -0.892. The highest BCUT2D eigenvalue weighted by molar-refractivity contribution is 6.30. The summed E-state index contributed by atoms with van der Waals surface area (Å²) in [5.41, 5.74) is 3.91. The number of nitrogens with zero attached hydrogens (tertiary/aromatic N) is 2. The zero-order valence-corrected chi connectivity index (χ0v) is 17.2. The Morgan fingerprint density at radius 1 is 1.10 bits per heavy atom. The van der Waals surface area contributed by atoms with Crippen LogP contribution in [0.25, 0.3) is 5.69 Å². The van der Waals surface area contributed by atoms with Crippen molar-refractivity contribution < 1.29 is 14.3 Å². The lowest BCUT2D eigenvalue weighted by Gasteiger charge is -2.14. The monoisotopic (exact) mass is 411 g/mol. The summed E-state index contributed by atoms with van der Waals surface area (Å²) in [6.45, 7) is 5.30. The number of aromatic nitrogens is 2. The van der Waals surface area contributed by atoms with Crippen LogP contribution >= 0.6 is 11.6 Å². The molecule has 7 heteroatoms. The van der Waals surface area contributed by atoms with Gasteiger partial charge in [0.15, 0.2) is 6.10 Å². The smallest absolute Gasteiger partial charge is 0.311 e. The predicted molar refractivity (Wildman–Crippen MR) is 112 cm³/mol. The number of hydrogen-bond acceptors (Lipinski definition) is 4. The first kappa shape index (κ1) is 20.6. The summed E-state index contributed by atoms with van der Waals surface area (Å²) in [7, 11) is 0. The van der Waals surface area contributed by atoms with Gasteiger partial charge in [-0.15, -0.1) is 0 Å². The molecule has 0 aliphatic rings. The van der Waals surface area contributed by atoms with Crippen LogP contribution in [0.4, 0.5) is 5.69 Å². The van der Waals surface area contributed by atoms with Gasteiger partial charge in [0.25, 0.3) is 5.91 Å². The van der Waals surface area contributed by atoms with Crippen molar-refractivity contribution in [1.82, 2.24) is 9.78 Å². The minimum Gasteiger partial charge on any atom is -0.452 e. The first-order chi connectivity index (χ1) is 13.8. The van der Waals surface area contributed by atoms with Crippen molar-refractivity contribution in [2.24, 2.45) is 0 Å². The van der Waals surface area contributed by atoms with Crippen molar-refractivity contribution in [2.75, 3.05) is 5.32 Å². The van der Waals surface area contributed by atoms with E-state index in [0.717, 1.165) is 22.6 Å². The van der Waals surface area contributed by atoms with Crippen LogP contribution in [0, 0.1) is 13.8 Å². The standard InChI is InChI=1S/C22H22ClN3O3/c1-14-20(15(2)26(25-14)19-7-5-4-6-8-19)13-21(27)29-16(3)22(28)24-18-11-9-17(23)10-12-18/h4-12,16H,13H2,1-3H3,(H,24,28)/t16-/m1/s1. The fraction of sp³-hybridized carbons (Fsp3) is 0.227. The Balaban J connectivity index is 1.64. The van der Waals surface area contributed by atoms with E-state index in [1.54, 1.807) is 28.9 Å². The van der Waals surface area contributed by atoms with Crippen LogP contribution in [0.3, 0.4) is 0 Å². The van der Waals surface area contributed by atoms with Gasteiger partial charge in [0, 0.05) is 22.0 Å². The van der Waals surface area contributed by atoms with E-state index < -0.39 is 18.0 Å². The number of halogens is 1. The van der Waals surface area contributed by atoms with E-state index in [1.807, 2.05) is 44.2 Å². The van der Waals surface area contributed by atoms with Gasteiger partial charge in [-0.3, -0.25) is 9.59 Å². The van der Waals surface area contributed by atoms with Crippen LogP contribution in [0.2, 0.25) is 5.02 Å². The second kappa shape index (κ2) is 8.92. The van der Waals surface area contributed by atoms with Crippen molar-refractivity contribution in [1.29, 1.82) is 0 Å². The van der Waals surface area contributed by atoms with Gasteiger partial charge in [-0.2, -0.15) is 5.10 Å². The van der Waals surface area contributed by atoms with Gasteiger partial charge in [-0.25, -0.2) is 4.68 Å². The molecule has 0 aliphatic carbocycles. The third kappa shape index (κ3) is 5.03. The van der Waals surface area contributed by atoms with Crippen molar-refractivity contribution in [2.45, 2.75) is 33.3 Å². The molecule has 6 nitrogen and oxygen atoms in total. The molecule has 3 rings (SSSR count). The molecule has 0 spiro atoms. The number of esters is 1. The fourth-order valence-electron chi connectivity index (χ4n) is 2.97. The Bertz CT molecular complexity index is 1010. The lowest BCUT2D eigenvalue weighted by atomic mass is 10.1. The van der Waals surface area contributed by atoms with Gasteiger partial charge in [0.2, 0.25) is 0 Å². The normalized spacial score (nSPS) is 11.7. The van der Waals surface area contributed by atoms with Crippen LogP contribution in [-0.4, -0.2) is 27.8 Å². The highest BCUT2D eigenvalue weighted by Gasteiger charge is 2.21. The van der Waals surface area contributed by atoms with Gasteiger partial charge >= 0.3 is 5.97 Å². The molecule has 1 aromatic heterocycles. The maximum atomic E-state index is 12.4. The first-order valence-corrected chi connectivity index (χ1v) is 9.59. The lowest BCUT2D eigenvalue weighted by Crippen LogP contribution is -2.30. The Kier molecular flexibility index (Phi) is 6.34. The topological polar surface area (TPSA) is 73.2 Å². The third-order valence-corrected chi connectivity index (χ3v) is 4.80. The number of nitrogens with one attached hydrogen (secondary N) is 1.